The molecular formula is C16H16ClF3N2O2S. The van der Waals surface area contributed by atoms with Crippen LogP contribution in [0.15, 0.2) is 47.4 Å². The molecule has 0 spiro atoms. The second-order valence-electron chi connectivity index (χ2n) is 5.70. The van der Waals surface area contributed by atoms with Crippen LogP contribution in [0.1, 0.15) is 11.5 Å². The molecule has 1 saturated heterocycles. The predicted molar refractivity (Wildman–Crippen MR) is 89.5 cm³/mol. The van der Waals surface area contributed by atoms with Crippen LogP contribution in [-0.2, 0) is 10.0 Å². The highest BCUT2D eigenvalue weighted by molar-refractivity contribution is 7.89. The maximum Gasteiger partial charge on any atom is 0.246 e. The van der Waals surface area contributed by atoms with E-state index >= 15 is 0 Å². The zero-order chi connectivity index (χ0) is 17.5. The van der Waals surface area contributed by atoms with Gasteiger partial charge in [0, 0.05) is 31.1 Å². The minimum absolute atomic E-state index is 0. The Balaban J connectivity index is 0.00000225. The van der Waals surface area contributed by atoms with E-state index in [1.165, 1.54) is 0 Å². The van der Waals surface area contributed by atoms with Gasteiger partial charge in [0.25, 0.3) is 0 Å². The van der Waals surface area contributed by atoms with E-state index in [2.05, 4.69) is 0 Å². The molecule has 0 aliphatic carbocycles. The lowest BCUT2D eigenvalue weighted by molar-refractivity contribution is 0.452. The Morgan fingerprint density at radius 3 is 2.20 bits per heavy atom. The summed E-state index contributed by atoms with van der Waals surface area (Å²) in [5.74, 6) is -4.44. The van der Waals surface area contributed by atoms with Crippen molar-refractivity contribution in [2.75, 3.05) is 13.1 Å². The minimum Gasteiger partial charge on any atom is -0.326 e. The molecule has 2 N–H and O–H groups in total. The second kappa shape index (κ2) is 7.33. The lowest BCUT2D eigenvalue weighted by atomic mass is 9.95. The largest absolute Gasteiger partial charge is 0.326 e. The van der Waals surface area contributed by atoms with E-state index in [-0.39, 0.29) is 37.5 Å². The lowest BCUT2D eigenvalue weighted by Gasteiger charge is -2.17. The fraction of sp³-hybridized carbons (Fsp3) is 0.250. The van der Waals surface area contributed by atoms with Gasteiger partial charge in [0.15, 0.2) is 11.6 Å². The van der Waals surface area contributed by atoms with Crippen molar-refractivity contribution in [3.8, 4) is 0 Å². The van der Waals surface area contributed by atoms with E-state index in [0.29, 0.717) is 6.07 Å². The zero-order valence-corrected chi connectivity index (χ0v) is 14.5. The van der Waals surface area contributed by atoms with Crippen molar-refractivity contribution >= 4 is 22.4 Å². The molecule has 1 heterocycles. The van der Waals surface area contributed by atoms with E-state index in [1.807, 2.05) is 30.3 Å². The molecule has 9 heteroatoms. The fourth-order valence-electron chi connectivity index (χ4n) is 2.88. The third-order valence-electron chi connectivity index (χ3n) is 4.15. The number of halogens is 4. The highest BCUT2D eigenvalue weighted by atomic mass is 35.5. The number of benzene rings is 2. The maximum atomic E-state index is 13.9. The monoisotopic (exact) mass is 392 g/mol. The van der Waals surface area contributed by atoms with Crippen molar-refractivity contribution < 1.29 is 21.6 Å². The van der Waals surface area contributed by atoms with Gasteiger partial charge in [-0.2, -0.15) is 4.31 Å². The van der Waals surface area contributed by atoms with E-state index in [9.17, 15) is 21.6 Å². The molecule has 0 saturated carbocycles. The second-order valence-corrected chi connectivity index (χ2v) is 7.61. The van der Waals surface area contributed by atoms with Crippen LogP contribution in [0.5, 0.6) is 0 Å². The minimum atomic E-state index is -4.31. The lowest BCUT2D eigenvalue weighted by Crippen LogP contribution is -2.32. The summed E-state index contributed by atoms with van der Waals surface area (Å²) in [5.41, 5.74) is 6.90. The Kier molecular flexibility index (Phi) is 5.78. The van der Waals surface area contributed by atoms with Gasteiger partial charge in [-0.15, -0.1) is 12.4 Å². The molecule has 4 nitrogen and oxygen atoms in total. The molecule has 0 amide bonds. The van der Waals surface area contributed by atoms with Crippen molar-refractivity contribution in [1.29, 1.82) is 0 Å². The first kappa shape index (κ1) is 19.7. The Morgan fingerprint density at radius 1 is 0.960 bits per heavy atom. The maximum absolute atomic E-state index is 13.9. The molecule has 2 aromatic rings. The van der Waals surface area contributed by atoms with Gasteiger partial charge in [-0.25, -0.2) is 21.6 Å². The first-order chi connectivity index (χ1) is 11.3. The van der Waals surface area contributed by atoms with Crippen molar-refractivity contribution in [3.05, 3.63) is 65.5 Å². The number of nitrogens with two attached hydrogens (primary N) is 1. The van der Waals surface area contributed by atoms with Gasteiger partial charge in [-0.05, 0) is 11.6 Å². The summed E-state index contributed by atoms with van der Waals surface area (Å²) >= 11 is 0. The Morgan fingerprint density at radius 2 is 1.56 bits per heavy atom. The Bertz CT molecular complexity index is 865. The molecule has 0 radical (unpaired) electrons. The van der Waals surface area contributed by atoms with Crippen LogP contribution < -0.4 is 5.73 Å². The summed E-state index contributed by atoms with van der Waals surface area (Å²) in [7, 11) is -4.31. The van der Waals surface area contributed by atoms with Crippen LogP contribution in [0, 0.1) is 17.5 Å². The van der Waals surface area contributed by atoms with E-state index < -0.39 is 38.4 Å². The molecular weight excluding hydrogens is 377 g/mol. The van der Waals surface area contributed by atoms with Gasteiger partial charge < -0.3 is 5.73 Å². The number of sulfonamides is 1. The van der Waals surface area contributed by atoms with Crippen LogP contribution in [0.3, 0.4) is 0 Å². The summed E-state index contributed by atoms with van der Waals surface area (Å²) in [6.07, 6.45) is 0. The number of nitrogens with zero attached hydrogens (tertiary/aromatic N) is 1. The first-order valence-electron chi connectivity index (χ1n) is 7.26. The van der Waals surface area contributed by atoms with Gasteiger partial charge >= 0.3 is 0 Å². The Hall–Kier alpha value is -1.61. The predicted octanol–water partition coefficient (Wildman–Crippen LogP) is 2.64. The number of rotatable bonds is 3. The van der Waals surface area contributed by atoms with E-state index in [1.54, 1.807) is 0 Å². The molecule has 0 aromatic heterocycles. The third kappa shape index (κ3) is 3.67. The quantitative estimate of drug-likeness (QED) is 0.817. The molecule has 2 atom stereocenters. The van der Waals surface area contributed by atoms with Gasteiger partial charge in [0.1, 0.15) is 10.7 Å². The molecule has 0 bridgehead atoms. The summed E-state index contributed by atoms with van der Waals surface area (Å²) < 4.78 is 66.4. The van der Waals surface area contributed by atoms with Crippen molar-refractivity contribution in [1.82, 2.24) is 4.31 Å². The van der Waals surface area contributed by atoms with Gasteiger partial charge in [-0.3, -0.25) is 0 Å². The van der Waals surface area contributed by atoms with Gasteiger partial charge in [0.2, 0.25) is 10.0 Å². The van der Waals surface area contributed by atoms with Crippen molar-refractivity contribution in [2.45, 2.75) is 16.9 Å². The van der Waals surface area contributed by atoms with Gasteiger partial charge in [-0.1, -0.05) is 30.3 Å². The smallest absolute Gasteiger partial charge is 0.246 e. The molecule has 2 aromatic carbocycles. The third-order valence-corrected chi connectivity index (χ3v) is 6.00. The van der Waals surface area contributed by atoms with Crippen molar-refractivity contribution in [3.63, 3.8) is 0 Å². The van der Waals surface area contributed by atoms with Crippen LogP contribution in [0.4, 0.5) is 13.2 Å². The molecule has 1 aliphatic heterocycles. The van der Waals surface area contributed by atoms with Crippen LogP contribution >= 0.6 is 12.4 Å². The normalized spacial score (nSPS) is 21.1. The summed E-state index contributed by atoms with van der Waals surface area (Å²) in [6.45, 7) is 0.0201. The highest BCUT2D eigenvalue weighted by Gasteiger charge is 2.39. The first-order valence-corrected chi connectivity index (χ1v) is 8.70. The summed E-state index contributed by atoms with van der Waals surface area (Å²) in [5, 5.41) is 0. The summed E-state index contributed by atoms with van der Waals surface area (Å²) in [6, 6.07) is 9.24. The highest BCUT2D eigenvalue weighted by Crippen LogP contribution is 2.31. The molecule has 0 unspecified atom stereocenters. The average molecular weight is 393 g/mol. The van der Waals surface area contributed by atoms with Gasteiger partial charge in [0.05, 0.1) is 0 Å². The average Bonchev–Trinajstić information content (AvgIpc) is 2.94. The molecule has 25 heavy (non-hydrogen) atoms. The van der Waals surface area contributed by atoms with Crippen molar-refractivity contribution in [2.24, 2.45) is 5.73 Å². The standard InChI is InChI=1S/C16H15F3N2O2S.ClH/c17-12-6-14(19)16(7-13(12)18)24(22,23)21-8-11(15(20)9-21)10-4-2-1-3-5-10;/h1-7,11,15H,8-9,20H2;1H/t11-,15+;/m0./s1. The van der Waals surface area contributed by atoms with E-state index in [4.69, 9.17) is 5.73 Å². The summed E-state index contributed by atoms with van der Waals surface area (Å²) in [4.78, 5) is -0.887. The topological polar surface area (TPSA) is 63.4 Å². The zero-order valence-electron chi connectivity index (χ0n) is 12.9. The van der Waals surface area contributed by atoms with Crippen LogP contribution in [-0.4, -0.2) is 31.9 Å². The number of hydrogen-bond acceptors (Lipinski definition) is 3. The molecule has 136 valence electrons. The molecule has 1 aliphatic rings. The molecule has 1 fully saturated rings. The van der Waals surface area contributed by atoms with Crippen LogP contribution in [0.25, 0.3) is 0 Å². The number of hydrogen-bond donors (Lipinski definition) is 1. The SMILES string of the molecule is Cl.N[C@@H]1CN(S(=O)(=O)c2cc(F)c(F)cc2F)C[C@H]1c1ccccc1. The van der Waals surface area contributed by atoms with E-state index in [0.717, 1.165) is 9.87 Å². The fourth-order valence-corrected chi connectivity index (χ4v) is 4.44. The molecule has 3 rings (SSSR count). The Labute approximate surface area is 149 Å². The van der Waals surface area contributed by atoms with Crippen LogP contribution in [0.2, 0.25) is 0 Å².